The molecule has 32 heavy (non-hydrogen) atoms. The Kier molecular flexibility index (Phi) is 5.94. The number of fused-ring (bicyclic) bond motifs is 3. The molecule has 0 bridgehead atoms. The summed E-state index contributed by atoms with van der Waals surface area (Å²) in [7, 11) is 0. The highest BCUT2D eigenvalue weighted by atomic mass is 19.1. The zero-order chi connectivity index (χ0) is 22.7. The van der Waals surface area contributed by atoms with Crippen LogP contribution in [0.25, 0.3) is 0 Å². The first kappa shape index (κ1) is 21.5. The monoisotopic (exact) mass is 438 g/mol. The summed E-state index contributed by atoms with van der Waals surface area (Å²) in [4.78, 5) is 42.1. The summed E-state index contributed by atoms with van der Waals surface area (Å²) in [6.45, 7) is 4.10. The predicted molar refractivity (Wildman–Crippen MR) is 115 cm³/mol. The number of hydrogen-bond acceptors (Lipinski definition) is 5. The van der Waals surface area contributed by atoms with Gasteiger partial charge >= 0.3 is 5.97 Å². The van der Waals surface area contributed by atoms with E-state index in [-0.39, 0.29) is 50.2 Å². The fraction of sp³-hybridized carbons (Fsp3) is 0.292. The summed E-state index contributed by atoms with van der Waals surface area (Å²) in [5, 5.41) is 0. The highest BCUT2D eigenvalue weighted by Gasteiger charge is 2.61. The fourth-order valence-electron chi connectivity index (χ4n) is 4.19. The van der Waals surface area contributed by atoms with E-state index >= 15 is 0 Å². The Balaban J connectivity index is 1.49. The van der Waals surface area contributed by atoms with E-state index in [1.54, 1.807) is 24.3 Å². The predicted octanol–water partition coefficient (Wildman–Crippen LogP) is 3.30. The van der Waals surface area contributed by atoms with Gasteiger partial charge in [0.15, 0.2) is 0 Å². The van der Waals surface area contributed by atoms with Crippen molar-refractivity contribution >= 4 is 23.5 Å². The number of nitrogens with zero attached hydrogens (tertiary/aromatic N) is 2. The maximum atomic E-state index is 13.3. The lowest BCUT2D eigenvalue weighted by Gasteiger charge is -2.48. The van der Waals surface area contributed by atoms with E-state index < -0.39 is 11.6 Å². The van der Waals surface area contributed by atoms with E-state index in [0.717, 1.165) is 0 Å². The van der Waals surface area contributed by atoms with Crippen LogP contribution in [0.1, 0.15) is 29.6 Å². The van der Waals surface area contributed by atoms with Crippen molar-refractivity contribution in [2.24, 2.45) is 0 Å². The third-order valence-corrected chi connectivity index (χ3v) is 5.62. The molecular formula is C24H23FN2O5. The first-order chi connectivity index (χ1) is 15.5. The number of esters is 1. The number of carbonyl (C=O) groups excluding carboxylic acids is 3. The average Bonchev–Trinajstić information content (AvgIpc) is 3.16. The zero-order valence-corrected chi connectivity index (χ0v) is 17.5. The van der Waals surface area contributed by atoms with Gasteiger partial charge in [0.05, 0.1) is 24.5 Å². The molecule has 2 aromatic rings. The van der Waals surface area contributed by atoms with E-state index in [1.807, 2.05) is 0 Å². The molecule has 0 aromatic heterocycles. The molecule has 1 unspecified atom stereocenters. The Bertz CT molecular complexity index is 1050. The lowest BCUT2D eigenvalue weighted by atomic mass is 9.96. The summed E-state index contributed by atoms with van der Waals surface area (Å²) >= 11 is 0. The third-order valence-electron chi connectivity index (χ3n) is 5.62. The van der Waals surface area contributed by atoms with Crippen LogP contribution in [0.5, 0.6) is 5.75 Å². The van der Waals surface area contributed by atoms with Gasteiger partial charge in [-0.15, -0.1) is 6.58 Å². The van der Waals surface area contributed by atoms with E-state index in [2.05, 4.69) is 6.58 Å². The maximum absolute atomic E-state index is 13.3. The molecule has 2 heterocycles. The van der Waals surface area contributed by atoms with Crippen LogP contribution in [-0.4, -0.2) is 48.1 Å². The van der Waals surface area contributed by atoms with Crippen LogP contribution in [0.15, 0.2) is 61.2 Å². The molecule has 0 saturated carbocycles. The van der Waals surface area contributed by atoms with Crippen molar-refractivity contribution in [1.29, 1.82) is 0 Å². The number of anilines is 1. The Morgan fingerprint density at radius 1 is 1.12 bits per heavy atom. The number of rotatable bonds is 8. The van der Waals surface area contributed by atoms with Crippen LogP contribution in [-0.2, 0) is 14.3 Å². The second-order valence-electron chi connectivity index (χ2n) is 7.56. The van der Waals surface area contributed by atoms with Gasteiger partial charge in [0.2, 0.25) is 11.6 Å². The number of para-hydroxylation sites is 1. The van der Waals surface area contributed by atoms with Crippen molar-refractivity contribution in [2.75, 3.05) is 24.7 Å². The molecule has 0 N–H and O–H groups in total. The normalized spacial score (nSPS) is 19.4. The van der Waals surface area contributed by atoms with Gasteiger partial charge in [0.25, 0.3) is 5.91 Å². The number of hydrogen-bond donors (Lipinski definition) is 0. The van der Waals surface area contributed by atoms with Crippen LogP contribution in [0, 0.1) is 5.82 Å². The van der Waals surface area contributed by atoms with Crippen molar-refractivity contribution in [3.8, 4) is 5.75 Å². The fourth-order valence-corrected chi connectivity index (χ4v) is 4.19. The zero-order valence-electron chi connectivity index (χ0n) is 17.5. The Labute approximate surface area is 185 Å². The van der Waals surface area contributed by atoms with Crippen LogP contribution < -0.4 is 9.64 Å². The van der Waals surface area contributed by atoms with Gasteiger partial charge in [0.1, 0.15) is 11.6 Å². The van der Waals surface area contributed by atoms with Crippen LogP contribution in [0.4, 0.5) is 10.1 Å². The lowest BCUT2D eigenvalue weighted by molar-refractivity contribution is -0.157. The molecule has 8 heteroatoms. The topological polar surface area (TPSA) is 76.2 Å². The first-order valence-electron chi connectivity index (χ1n) is 10.4. The van der Waals surface area contributed by atoms with Gasteiger partial charge in [-0.2, -0.15) is 0 Å². The minimum Gasteiger partial charge on any atom is -0.493 e. The number of ether oxygens (including phenoxy) is 2. The highest BCUT2D eigenvalue weighted by Crippen LogP contribution is 2.45. The Morgan fingerprint density at radius 2 is 1.88 bits per heavy atom. The molecule has 2 aliphatic rings. The molecule has 0 spiro atoms. The van der Waals surface area contributed by atoms with Crippen LogP contribution >= 0.6 is 0 Å². The molecule has 7 nitrogen and oxygen atoms in total. The molecule has 1 saturated heterocycles. The van der Waals surface area contributed by atoms with E-state index in [9.17, 15) is 18.8 Å². The van der Waals surface area contributed by atoms with Crippen molar-refractivity contribution in [3.05, 3.63) is 72.6 Å². The molecule has 0 radical (unpaired) electrons. The largest absolute Gasteiger partial charge is 0.493 e. The van der Waals surface area contributed by atoms with Gasteiger partial charge in [-0.3, -0.25) is 14.5 Å². The van der Waals surface area contributed by atoms with E-state index in [4.69, 9.17) is 9.47 Å². The van der Waals surface area contributed by atoms with Crippen molar-refractivity contribution in [1.82, 2.24) is 4.90 Å². The van der Waals surface area contributed by atoms with E-state index in [1.165, 1.54) is 40.1 Å². The summed E-state index contributed by atoms with van der Waals surface area (Å²) in [5.41, 5.74) is -0.758. The van der Waals surface area contributed by atoms with Gasteiger partial charge in [-0.25, -0.2) is 9.18 Å². The summed E-state index contributed by atoms with van der Waals surface area (Å²) < 4.78 is 24.0. The maximum Gasteiger partial charge on any atom is 0.353 e. The number of halogens is 1. The molecular weight excluding hydrogens is 415 g/mol. The van der Waals surface area contributed by atoms with Crippen molar-refractivity contribution in [3.63, 3.8) is 0 Å². The van der Waals surface area contributed by atoms with E-state index in [0.29, 0.717) is 23.4 Å². The molecule has 166 valence electrons. The van der Waals surface area contributed by atoms with Gasteiger partial charge in [-0.1, -0.05) is 18.2 Å². The van der Waals surface area contributed by atoms with Gasteiger partial charge in [0, 0.05) is 25.8 Å². The van der Waals surface area contributed by atoms with Crippen LogP contribution in [0.2, 0.25) is 0 Å². The third kappa shape index (κ3) is 3.62. The molecule has 0 aliphatic carbocycles. The smallest absolute Gasteiger partial charge is 0.353 e. The molecule has 4 rings (SSSR count). The first-order valence-corrected chi connectivity index (χ1v) is 10.4. The quantitative estimate of drug-likeness (QED) is 0.359. The molecule has 2 aromatic carbocycles. The highest BCUT2D eigenvalue weighted by molar-refractivity contribution is 6.15. The number of amides is 2. The number of carbonyl (C=O) groups is 3. The SMILES string of the molecule is C=CCN1C(=O)c2ccccc2N2C(=O)CCC12C(=O)OCCCOc1ccc(F)cc1. The number of benzene rings is 2. The van der Waals surface area contributed by atoms with Gasteiger partial charge in [-0.05, 0) is 36.4 Å². The summed E-state index contributed by atoms with van der Waals surface area (Å²) in [5.74, 6) is -1.09. The van der Waals surface area contributed by atoms with Gasteiger partial charge < -0.3 is 14.4 Å². The molecule has 2 amide bonds. The van der Waals surface area contributed by atoms with Crippen LogP contribution in [0.3, 0.4) is 0 Å². The summed E-state index contributed by atoms with van der Waals surface area (Å²) in [6.07, 6.45) is 2.18. The van der Waals surface area contributed by atoms with Crippen molar-refractivity contribution < 1.29 is 28.2 Å². The second kappa shape index (κ2) is 8.82. The molecule has 1 fully saturated rings. The Hall–Kier alpha value is -3.68. The standard InChI is InChI=1S/C24H23FN2O5/c1-2-14-26-22(29)19-6-3-4-7-20(19)27-21(28)12-13-24(26,27)23(30)32-16-5-15-31-18-10-8-17(25)9-11-18/h2-4,6-11H,1,5,12-16H2. The Morgan fingerprint density at radius 3 is 2.62 bits per heavy atom. The molecule has 1 atom stereocenters. The molecule has 2 aliphatic heterocycles. The average molecular weight is 438 g/mol. The minimum absolute atomic E-state index is 0.0432. The minimum atomic E-state index is -1.53. The lowest BCUT2D eigenvalue weighted by Crippen LogP contribution is -2.68. The summed E-state index contributed by atoms with van der Waals surface area (Å²) in [6, 6.07) is 12.4. The van der Waals surface area contributed by atoms with Crippen molar-refractivity contribution in [2.45, 2.75) is 24.9 Å². The second-order valence-corrected chi connectivity index (χ2v) is 7.56.